The molecule has 20 heavy (non-hydrogen) atoms. The Morgan fingerprint density at radius 1 is 1.35 bits per heavy atom. The molecule has 0 bridgehead atoms. The zero-order chi connectivity index (χ0) is 13.7. The molecule has 0 saturated carbocycles. The van der Waals surface area contributed by atoms with E-state index < -0.39 is 5.54 Å². The second-order valence-electron chi connectivity index (χ2n) is 4.88. The number of carbonyl (C=O) groups is 1. The molecule has 0 radical (unpaired) electrons. The molecule has 2 N–H and O–H groups in total. The van der Waals surface area contributed by atoms with Crippen LogP contribution in [-0.4, -0.2) is 24.6 Å². The molecule has 1 aliphatic heterocycles. The van der Waals surface area contributed by atoms with Gasteiger partial charge in [-0.25, -0.2) is 0 Å². The molecule has 5 heteroatoms. The molecule has 1 unspecified atom stereocenters. The summed E-state index contributed by atoms with van der Waals surface area (Å²) >= 11 is 0. The molecular weight excluding hydrogens is 276 g/mol. The van der Waals surface area contributed by atoms with Gasteiger partial charge in [-0.1, -0.05) is 6.92 Å². The lowest BCUT2D eigenvalue weighted by molar-refractivity contribution is -0.122. The maximum absolute atomic E-state index is 12.4. The number of halogens is 1. The van der Waals surface area contributed by atoms with Crippen molar-refractivity contribution < 1.29 is 9.53 Å². The van der Waals surface area contributed by atoms with Gasteiger partial charge in [0.2, 0.25) is 5.91 Å². The predicted octanol–water partition coefficient (Wildman–Crippen LogP) is 2.98. The predicted molar refractivity (Wildman–Crippen MR) is 83.7 cm³/mol. The van der Waals surface area contributed by atoms with Crippen molar-refractivity contribution in [2.75, 3.05) is 18.5 Å². The summed E-state index contributed by atoms with van der Waals surface area (Å²) in [6.07, 6.45) is 2.78. The van der Waals surface area contributed by atoms with Gasteiger partial charge in [0.1, 0.15) is 5.75 Å². The van der Waals surface area contributed by atoms with Crippen LogP contribution in [0.15, 0.2) is 24.3 Å². The summed E-state index contributed by atoms with van der Waals surface area (Å²) in [7, 11) is 0. The summed E-state index contributed by atoms with van der Waals surface area (Å²) in [5, 5.41) is 6.32. The lowest BCUT2D eigenvalue weighted by atomic mass is 9.93. The van der Waals surface area contributed by atoms with Crippen LogP contribution in [0.25, 0.3) is 0 Å². The molecule has 0 aromatic heterocycles. The summed E-state index contributed by atoms with van der Waals surface area (Å²) in [4.78, 5) is 12.4. The SMILES string of the molecule is CCOc1ccc(NC(=O)C2(CC)CCCN2)cc1.Cl. The Hall–Kier alpha value is -1.26. The molecule has 1 atom stereocenters. The first-order valence-electron chi connectivity index (χ1n) is 6.99. The molecule has 1 heterocycles. The second-order valence-corrected chi connectivity index (χ2v) is 4.88. The van der Waals surface area contributed by atoms with Gasteiger partial charge in [0.05, 0.1) is 12.1 Å². The second kappa shape index (κ2) is 7.50. The highest BCUT2D eigenvalue weighted by atomic mass is 35.5. The quantitative estimate of drug-likeness (QED) is 0.878. The minimum atomic E-state index is -0.390. The average Bonchev–Trinajstić information content (AvgIpc) is 2.91. The Balaban J connectivity index is 0.00000200. The fourth-order valence-electron chi connectivity index (χ4n) is 2.51. The number of ether oxygens (including phenoxy) is 1. The van der Waals surface area contributed by atoms with Gasteiger partial charge < -0.3 is 15.4 Å². The molecule has 1 aliphatic rings. The van der Waals surface area contributed by atoms with Gasteiger partial charge in [0, 0.05) is 5.69 Å². The summed E-state index contributed by atoms with van der Waals surface area (Å²) in [5.74, 6) is 0.890. The van der Waals surface area contributed by atoms with Crippen LogP contribution >= 0.6 is 12.4 Å². The van der Waals surface area contributed by atoms with Crippen molar-refractivity contribution in [3.05, 3.63) is 24.3 Å². The summed E-state index contributed by atoms with van der Waals surface area (Å²) in [6, 6.07) is 7.50. The zero-order valence-corrected chi connectivity index (χ0v) is 12.9. The van der Waals surface area contributed by atoms with E-state index in [0.29, 0.717) is 6.61 Å². The van der Waals surface area contributed by atoms with Crippen molar-refractivity contribution in [1.82, 2.24) is 5.32 Å². The van der Waals surface area contributed by atoms with E-state index in [-0.39, 0.29) is 18.3 Å². The zero-order valence-electron chi connectivity index (χ0n) is 12.1. The topological polar surface area (TPSA) is 50.4 Å². The van der Waals surface area contributed by atoms with Crippen LogP contribution in [0, 0.1) is 0 Å². The first-order chi connectivity index (χ1) is 9.20. The van der Waals surface area contributed by atoms with Crippen LogP contribution < -0.4 is 15.4 Å². The summed E-state index contributed by atoms with van der Waals surface area (Å²) in [5.41, 5.74) is 0.425. The summed E-state index contributed by atoms with van der Waals surface area (Å²) in [6.45, 7) is 5.57. The molecule has 0 spiro atoms. The third-order valence-electron chi connectivity index (χ3n) is 3.71. The Bertz CT molecular complexity index is 428. The largest absolute Gasteiger partial charge is 0.494 e. The number of hydrogen-bond acceptors (Lipinski definition) is 3. The monoisotopic (exact) mass is 298 g/mol. The van der Waals surface area contributed by atoms with Gasteiger partial charge in [-0.15, -0.1) is 12.4 Å². The highest BCUT2D eigenvalue weighted by Gasteiger charge is 2.38. The fraction of sp³-hybridized carbons (Fsp3) is 0.533. The van der Waals surface area contributed by atoms with Gasteiger partial charge in [-0.3, -0.25) is 4.79 Å². The molecule has 4 nitrogen and oxygen atoms in total. The Morgan fingerprint density at radius 3 is 2.55 bits per heavy atom. The normalized spacial score (nSPS) is 21.1. The summed E-state index contributed by atoms with van der Waals surface area (Å²) < 4.78 is 5.38. The minimum absolute atomic E-state index is 0. The number of hydrogen-bond donors (Lipinski definition) is 2. The van der Waals surface area contributed by atoms with E-state index in [2.05, 4.69) is 17.6 Å². The first kappa shape index (κ1) is 16.8. The molecule has 2 rings (SSSR count). The van der Waals surface area contributed by atoms with Crippen molar-refractivity contribution in [2.24, 2.45) is 0 Å². The number of carbonyl (C=O) groups excluding carboxylic acids is 1. The van der Waals surface area contributed by atoms with E-state index in [1.54, 1.807) is 0 Å². The third kappa shape index (κ3) is 3.64. The van der Waals surface area contributed by atoms with E-state index in [1.807, 2.05) is 31.2 Å². The molecule has 0 aliphatic carbocycles. The van der Waals surface area contributed by atoms with E-state index in [1.165, 1.54) is 0 Å². The van der Waals surface area contributed by atoms with Crippen molar-refractivity contribution in [2.45, 2.75) is 38.6 Å². The van der Waals surface area contributed by atoms with Crippen LogP contribution in [-0.2, 0) is 4.79 Å². The molecule has 1 aromatic carbocycles. The van der Waals surface area contributed by atoms with Crippen LogP contribution in [0.5, 0.6) is 5.75 Å². The van der Waals surface area contributed by atoms with Crippen molar-refractivity contribution in [3.8, 4) is 5.75 Å². The molecule has 1 amide bonds. The third-order valence-corrected chi connectivity index (χ3v) is 3.71. The molecule has 112 valence electrons. The lowest BCUT2D eigenvalue weighted by Crippen LogP contribution is -2.50. The number of rotatable bonds is 5. The highest BCUT2D eigenvalue weighted by Crippen LogP contribution is 2.25. The van der Waals surface area contributed by atoms with Gasteiger partial charge in [0.15, 0.2) is 0 Å². The Kier molecular flexibility index (Phi) is 6.30. The van der Waals surface area contributed by atoms with Gasteiger partial charge in [0.25, 0.3) is 0 Å². The number of benzene rings is 1. The number of amides is 1. The van der Waals surface area contributed by atoms with E-state index in [4.69, 9.17) is 4.74 Å². The fourth-order valence-corrected chi connectivity index (χ4v) is 2.51. The maximum Gasteiger partial charge on any atom is 0.244 e. The van der Waals surface area contributed by atoms with Crippen molar-refractivity contribution in [1.29, 1.82) is 0 Å². The molecule has 1 saturated heterocycles. The van der Waals surface area contributed by atoms with E-state index >= 15 is 0 Å². The standard InChI is InChI=1S/C15H22N2O2.ClH/c1-3-15(10-5-11-16-15)14(18)17-12-6-8-13(9-7-12)19-4-2;/h6-9,16H,3-5,10-11H2,1-2H3,(H,17,18);1H. The van der Waals surface area contributed by atoms with Crippen LogP contribution in [0.3, 0.4) is 0 Å². The van der Waals surface area contributed by atoms with Gasteiger partial charge >= 0.3 is 0 Å². The maximum atomic E-state index is 12.4. The van der Waals surface area contributed by atoms with Crippen molar-refractivity contribution in [3.63, 3.8) is 0 Å². The number of anilines is 1. The van der Waals surface area contributed by atoms with E-state index in [9.17, 15) is 4.79 Å². The number of nitrogens with one attached hydrogen (secondary N) is 2. The van der Waals surface area contributed by atoms with Crippen LogP contribution in [0.4, 0.5) is 5.69 Å². The highest BCUT2D eigenvalue weighted by molar-refractivity contribution is 5.98. The average molecular weight is 299 g/mol. The lowest BCUT2D eigenvalue weighted by Gasteiger charge is -2.26. The van der Waals surface area contributed by atoms with Crippen LogP contribution in [0.1, 0.15) is 33.1 Å². The first-order valence-corrected chi connectivity index (χ1v) is 6.99. The Labute approximate surface area is 126 Å². The van der Waals surface area contributed by atoms with Crippen molar-refractivity contribution >= 4 is 24.0 Å². The smallest absolute Gasteiger partial charge is 0.244 e. The van der Waals surface area contributed by atoms with Gasteiger partial charge in [-0.05, 0) is 57.0 Å². The van der Waals surface area contributed by atoms with E-state index in [0.717, 1.165) is 37.2 Å². The molecule has 1 aromatic rings. The van der Waals surface area contributed by atoms with Gasteiger partial charge in [-0.2, -0.15) is 0 Å². The molecule has 1 fully saturated rings. The van der Waals surface area contributed by atoms with Crippen LogP contribution in [0.2, 0.25) is 0 Å². The molecular formula is C15H23ClN2O2. The minimum Gasteiger partial charge on any atom is -0.494 e. The Morgan fingerprint density at radius 2 is 2.05 bits per heavy atom.